The molecule has 86 valence electrons. The van der Waals surface area contributed by atoms with Crippen LogP contribution in [0.2, 0.25) is 0 Å². The molecular weight excluding hydrogens is 190 g/mol. The minimum absolute atomic E-state index is 0.0293. The normalized spacial score (nSPS) is 24.7. The summed E-state index contributed by atoms with van der Waals surface area (Å²) in [7, 11) is 1.91. The third kappa shape index (κ3) is 2.32. The highest BCUT2D eigenvalue weighted by molar-refractivity contribution is 5.78. The quantitative estimate of drug-likeness (QED) is 0.714. The minimum Gasteiger partial charge on any atom is -0.342 e. The van der Waals surface area contributed by atoms with E-state index in [1.807, 2.05) is 11.9 Å². The molecule has 0 spiro atoms. The summed E-state index contributed by atoms with van der Waals surface area (Å²) < 4.78 is 0. The summed E-state index contributed by atoms with van der Waals surface area (Å²) in [5.74, 6) is 0.246. The summed E-state index contributed by atoms with van der Waals surface area (Å²) in [5.41, 5.74) is 6.02. The number of rotatable bonds is 4. The van der Waals surface area contributed by atoms with Gasteiger partial charge in [-0.25, -0.2) is 0 Å². The molecule has 4 nitrogen and oxygen atoms in total. The van der Waals surface area contributed by atoms with Gasteiger partial charge in [-0.05, 0) is 19.3 Å². The topological polar surface area (TPSA) is 49.6 Å². The molecule has 2 aliphatic rings. The van der Waals surface area contributed by atoms with Crippen LogP contribution >= 0.6 is 0 Å². The van der Waals surface area contributed by atoms with Crippen molar-refractivity contribution in [3.63, 3.8) is 0 Å². The number of nitrogens with two attached hydrogens (primary N) is 1. The molecule has 1 heterocycles. The van der Waals surface area contributed by atoms with Gasteiger partial charge in [0.25, 0.3) is 0 Å². The van der Waals surface area contributed by atoms with E-state index in [9.17, 15) is 4.79 Å². The van der Waals surface area contributed by atoms with Crippen molar-refractivity contribution in [1.29, 1.82) is 0 Å². The van der Waals surface area contributed by atoms with Gasteiger partial charge in [0.2, 0.25) is 5.91 Å². The van der Waals surface area contributed by atoms with Gasteiger partial charge in [-0.1, -0.05) is 6.92 Å². The van der Waals surface area contributed by atoms with E-state index in [4.69, 9.17) is 5.73 Å². The van der Waals surface area contributed by atoms with Gasteiger partial charge in [0, 0.05) is 31.7 Å². The van der Waals surface area contributed by atoms with Gasteiger partial charge >= 0.3 is 0 Å². The van der Waals surface area contributed by atoms with Crippen LogP contribution in [0.5, 0.6) is 0 Å². The number of carbonyl (C=O) groups is 1. The molecule has 1 aliphatic carbocycles. The predicted molar refractivity (Wildman–Crippen MR) is 59.4 cm³/mol. The molecule has 0 atom stereocenters. The van der Waals surface area contributed by atoms with Crippen molar-refractivity contribution in [2.24, 2.45) is 5.73 Å². The lowest BCUT2D eigenvalue weighted by molar-refractivity contribution is -0.133. The first-order valence-corrected chi connectivity index (χ1v) is 5.81. The Morgan fingerprint density at radius 2 is 2.13 bits per heavy atom. The fraction of sp³-hybridized carbons (Fsp3) is 0.909. The molecule has 0 unspecified atom stereocenters. The number of hydrogen-bond acceptors (Lipinski definition) is 3. The van der Waals surface area contributed by atoms with Crippen LogP contribution in [0.15, 0.2) is 0 Å². The van der Waals surface area contributed by atoms with Crippen molar-refractivity contribution in [3.05, 3.63) is 0 Å². The third-order valence-electron chi connectivity index (χ3n) is 3.63. The Morgan fingerprint density at radius 1 is 1.53 bits per heavy atom. The highest BCUT2D eigenvalue weighted by Crippen LogP contribution is 2.26. The average molecular weight is 211 g/mol. The van der Waals surface area contributed by atoms with Crippen molar-refractivity contribution >= 4 is 5.91 Å². The predicted octanol–water partition coefficient (Wildman–Crippen LogP) is 0.0303. The molecule has 2 fully saturated rings. The van der Waals surface area contributed by atoms with E-state index >= 15 is 0 Å². The van der Waals surface area contributed by atoms with Gasteiger partial charge in [0.1, 0.15) is 0 Å². The van der Waals surface area contributed by atoms with Gasteiger partial charge in [-0.2, -0.15) is 0 Å². The van der Waals surface area contributed by atoms with E-state index in [-0.39, 0.29) is 11.4 Å². The monoisotopic (exact) mass is 211 g/mol. The molecule has 2 rings (SSSR count). The molecule has 1 saturated heterocycles. The fourth-order valence-corrected chi connectivity index (χ4v) is 2.15. The average Bonchev–Trinajstić information content (AvgIpc) is 2.97. The summed E-state index contributed by atoms with van der Waals surface area (Å²) in [6, 6.07) is 0.521. The second-order valence-electron chi connectivity index (χ2n) is 5.10. The zero-order valence-corrected chi connectivity index (χ0v) is 9.70. The molecule has 0 aromatic rings. The smallest absolute Gasteiger partial charge is 0.236 e. The zero-order chi connectivity index (χ0) is 11.1. The number of hydrogen-bond donors (Lipinski definition) is 1. The van der Waals surface area contributed by atoms with Crippen LogP contribution in [0, 0.1) is 0 Å². The zero-order valence-electron chi connectivity index (χ0n) is 9.70. The first-order valence-electron chi connectivity index (χ1n) is 5.81. The third-order valence-corrected chi connectivity index (χ3v) is 3.63. The second-order valence-corrected chi connectivity index (χ2v) is 5.10. The Hall–Kier alpha value is -0.610. The number of likely N-dealkylation sites (tertiary alicyclic amines) is 1. The molecule has 0 radical (unpaired) electrons. The molecule has 1 saturated carbocycles. The van der Waals surface area contributed by atoms with Crippen molar-refractivity contribution in [1.82, 2.24) is 9.80 Å². The molecule has 0 bridgehead atoms. The highest BCUT2D eigenvalue weighted by Gasteiger charge is 2.39. The summed E-state index contributed by atoms with van der Waals surface area (Å²) in [6.07, 6.45) is 3.35. The summed E-state index contributed by atoms with van der Waals surface area (Å²) in [5, 5.41) is 0. The van der Waals surface area contributed by atoms with E-state index < -0.39 is 0 Å². The van der Waals surface area contributed by atoms with E-state index in [1.54, 1.807) is 0 Å². The molecular formula is C11H21N3O. The molecule has 2 N–H and O–H groups in total. The van der Waals surface area contributed by atoms with Crippen LogP contribution in [0.1, 0.15) is 26.2 Å². The lowest BCUT2D eigenvalue weighted by Gasteiger charge is -2.47. The molecule has 0 aromatic heterocycles. The Balaban J connectivity index is 1.72. The van der Waals surface area contributed by atoms with Crippen LogP contribution in [-0.4, -0.2) is 54.0 Å². The van der Waals surface area contributed by atoms with Crippen LogP contribution < -0.4 is 5.73 Å². The van der Waals surface area contributed by atoms with Crippen LogP contribution in [-0.2, 0) is 4.79 Å². The number of carbonyl (C=O) groups excluding carboxylic acids is 1. The first-order chi connectivity index (χ1) is 7.04. The van der Waals surface area contributed by atoms with Crippen molar-refractivity contribution in [2.45, 2.75) is 37.8 Å². The molecule has 0 aromatic carbocycles. The van der Waals surface area contributed by atoms with Gasteiger partial charge in [0.15, 0.2) is 0 Å². The van der Waals surface area contributed by atoms with E-state index in [2.05, 4.69) is 11.8 Å². The molecule has 4 heteroatoms. The fourth-order valence-electron chi connectivity index (χ4n) is 2.15. The van der Waals surface area contributed by atoms with Gasteiger partial charge in [-0.3, -0.25) is 9.69 Å². The van der Waals surface area contributed by atoms with Crippen molar-refractivity contribution in [2.75, 3.05) is 26.7 Å². The maximum atomic E-state index is 11.8. The SMILES string of the molecule is CCC1(N)CN(CC(=O)N(C)C2CC2)C1. The maximum absolute atomic E-state index is 11.8. The maximum Gasteiger partial charge on any atom is 0.236 e. The highest BCUT2D eigenvalue weighted by atomic mass is 16.2. The lowest BCUT2D eigenvalue weighted by Crippen LogP contribution is -2.68. The Kier molecular flexibility index (Phi) is 2.73. The van der Waals surface area contributed by atoms with E-state index in [0.29, 0.717) is 12.6 Å². The van der Waals surface area contributed by atoms with Crippen LogP contribution in [0.4, 0.5) is 0 Å². The summed E-state index contributed by atoms with van der Waals surface area (Å²) in [4.78, 5) is 15.8. The number of nitrogens with zero attached hydrogens (tertiary/aromatic N) is 2. The molecule has 1 aliphatic heterocycles. The van der Waals surface area contributed by atoms with Crippen molar-refractivity contribution in [3.8, 4) is 0 Å². The summed E-state index contributed by atoms with van der Waals surface area (Å²) >= 11 is 0. The van der Waals surface area contributed by atoms with Gasteiger partial charge < -0.3 is 10.6 Å². The molecule has 15 heavy (non-hydrogen) atoms. The van der Waals surface area contributed by atoms with Gasteiger partial charge in [0.05, 0.1) is 6.54 Å². The minimum atomic E-state index is -0.0293. The Morgan fingerprint density at radius 3 is 2.60 bits per heavy atom. The van der Waals surface area contributed by atoms with Gasteiger partial charge in [-0.15, -0.1) is 0 Å². The van der Waals surface area contributed by atoms with Crippen LogP contribution in [0.25, 0.3) is 0 Å². The standard InChI is InChI=1S/C11H21N3O/c1-3-11(12)7-14(8-11)6-10(15)13(2)9-4-5-9/h9H,3-8,12H2,1-2H3. The van der Waals surface area contributed by atoms with E-state index in [1.165, 1.54) is 12.8 Å². The second kappa shape index (κ2) is 3.76. The first kappa shape index (κ1) is 10.9. The van der Waals surface area contributed by atoms with Crippen LogP contribution in [0.3, 0.4) is 0 Å². The molecule has 1 amide bonds. The number of amides is 1. The Bertz CT molecular complexity index is 257. The Labute approximate surface area is 91.4 Å². The van der Waals surface area contributed by atoms with Crippen molar-refractivity contribution < 1.29 is 4.79 Å². The lowest BCUT2D eigenvalue weighted by atomic mass is 9.88. The largest absolute Gasteiger partial charge is 0.342 e. The van der Waals surface area contributed by atoms with E-state index in [0.717, 1.165) is 19.5 Å². The summed E-state index contributed by atoms with van der Waals surface area (Å²) in [6.45, 7) is 4.39. The number of likely N-dealkylation sites (N-methyl/N-ethyl adjacent to an activating group) is 1.